The van der Waals surface area contributed by atoms with Crippen molar-refractivity contribution in [1.29, 1.82) is 0 Å². The van der Waals surface area contributed by atoms with Crippen LogP contribution < -0.4 is 0 Å². The third kappa shape index (κ3) is 7.59. The van der Waals surface area contributed by atoms with Gasteiger partial charge < -0.3 is 9.16 Å². The van der Waals surface area contributed by atoms with Crippen molar-refractivity contribution >= 4 is 14.3 Å². The van der Waals surface area contributed by atoms with Gasteiger partial charge in [0.25, 0.3) is 0 Å². The second kappa shape index (κ2) is 10.5. The molecule has 2 rings (SSSR count). The molecule has 1 atom stereocenters. The maximum atomic E-state index is 12.4. The average Bonchev–Trinajstić information content (AvgIpc) is 2.69. The molecule has 2 aromatic rings. The van der Waals surface area contributed by atoms with Gasteiger partial charge in [0.15, 0.2) is 8.32 Å². The van der Waals surface area contributed by atoms with Gasteiger partial charge in [0.2, 0.25) is 0 Å². The summed E-state index contributed by atoms with van der Waals surface area (Å²) in [5.74, 6) is -0.404. The monoisotopic (exact) mass is 411 g/mol. The fourth-order valence-electron chi connectivity index (χ4n) is 2.51. The van der Waals surface area contributed by atoms with E-state index >= 15 is 0 Å². The van der Waals surface area contributed by atoms with E-state index in [2.05, 4.69) is 51.0 Å². The van der Waals surface area contributed by atoms with Crippen molar-refractivity contribution in [3.63, 3.8) is 0 Å². The smallest absolute Gasteiger partial charge is 0.357 e. The summed E-state index contributed by atoms with van der Waals surface area (Å²) in [6.45, 7) is 11.7. The zero-order valence-corrected chi connectivity index (χ0v) is 19.2. The van der Waals surface area contributed by atoms with E-state index in [0.717, 1.165) is 6.42 Å². The van der Waals surface area contributed by atoms with Crippen LogP contribution >= 0.6 is 0 Å². The van der Waals surface area contributed by atoms with E-state index in [0.29, 0.717) is 18.7 Å². The molecular formula is C24H33NO3Si. The summed E-state index contributed by atoms with van der Waals surface area (Å²) < 4.78 is 11.9. The first-order valence-corrected chi connectivity index (χ1v) is 13.1. The Morgan fingerprint density at radius 2 is 1.79 bits per heavy atom. The van der Waals surface area contributed by atoms with Crippen molar-refractivity contribution in [2.45, 2.75) is 57.8 Å². The van der Waals surface area contributed by atoms with Crippen LogP contribution in [0.2, 0.25) is 18.1 Å². The van der Waals surface area contributed by atoms with Crippen LogP contribution in [0.3, 0.4) is 0 Å². The van der Waals surface area contributed by atoms with Gasteiger partial charge in [-0.25, -0.2) is 9.78 Å². The van der Waals surface area contributed by atoms with Crippen LogP contribution in [0.15, 0.2) is 66.9 Å². The minimum atomic E-state index is -1.80. The Labute approximate surface area is 176 Å². The molecule has 1 heterocycles. The molecule has 0 aliphatic carbocycles. The predicted molar refractivity (Wildman–Crippen MR) is 120 cm³/mol. The lowest BCUT2D eigenvalue weighted by Gasteiger charge is -2.35. The fraction of sp³-hybridized carbons (Fsp3) is 0.417. The van der Waals surface area contributed by atoms with Crippen molar-refractivity contribution in [3.8, 4) is 0 Å². The number of nitrogens with zero attached hydrogens (tertiary/aromatic N) is 1. The number of carbonyl (C=O) groups is 1. The molecule has 1 aromatic heterocycles. The molecule has 0 radical (unpaired) electrons. The molecule has 156 valence electrons. The van der Waals surface area contributed by atoms with Gasteiger partial charge in [0.05, 0.1) is 6.61 Å². The summed E-state index contributed by atoms with van der Waals surface area (Å²) in [5.41, 5.74) is 1.54. The number of aromatic nitrogens is 1. The number of ether oxygens (including phenoxy) is 1. The molecular weight excluding hydrogens is 378 g/mol. The molecule has 4 nitrogen and oxygen atoms in total. The first-order chi connectivity index (χ1) is 13.7. The summed E-state index contributed by atoms with van der Waals surface area (Å²) >= 11 is 0. The molecule has 1 aromatic carbocycles. The van der Waals surface area contributed by atoms with E-state index in [1.54, 1.807) is 24.4 Å². The molecule has 0 aliphatic rings. The van der Waals surface area contributed by atoms with Gasteiger partial charge in [0, 0.05) is 6.20 Å². The molecule has 0 aliphatic heterocycles. The Morgan fingerprint density at radius 3 is 2.41 bits per heavy atom. The summed E-state index contributed by atoms with van der Waals surface area (Å²) in [5, 5.41) is 0.166. The van der Waals surface area contributed by atoms with Crippen LogP contribution in [0, 0.1) is 0 Å². The highest BCUT2D eigenvalue weighted by molar-refractivity contribution is 6.74. The molecule has 29 heavy (non-hydrogen) atoms. The summed E-state index contributed by atoms with van der Waals surface area (Å²) in [4.78, 5) is 16.5. The standard InChI is InChI=1S/C24H33NO3Si/c1-24(2,3)29(4,5)27-19-11-14-21(17-16-20-12-7-6-8-13-20)28-23(26)22-15-9-10-18-25-22/h6-15,18,21H,16-17,19H2,1-5H3/b14-11+/t21-/m1/s1. The number of esters is 1. The Balaban J connectivity index is 2.00. The predicted octanol–water partition coefficient (Wildman–Crippen LogP) is 5.82. The number of hydrogen-bond donors (Lipinski definition) is 0. The number of benzene rings is 1. The van der Waals surface area contributed by atoms with E-state index in [1.807, 2.05) is 30.4 Å². The second-order valence-electron chi connectivity index (χ2n) is 8.68. The lowest BCUT2D eigenvalue weighted by atomic mass is 10.1. The van der Waals surface area contributed by atoms with Crippen LogP contribution in [-0.4, -0.2) is 32.0 Å². The lowest BCUT2D eigenvalue weighted by Crippen LogP contribution is -2.40. The zero-order valence-electron chi connectivity index (χ0n) is 18.2. The van der Waals surface area contributed by atoms with Gasteiger partial charge in [0.1, 0.15) is 11.8 Å². The quantitative estimate of drug-likeness (QED) is 0.296. The van der Waals surface area contributed by atoms with Gasteiger partial charge in [-0.15, -0.1) is 0 Å². The number of pyridine rings is 1. The van der Waals surface area contributed by atoms with Gasteiger partial charge in [-0.3, -0.25) is 0 Å². The number of aryl methyl sites for hydroxylation is 1. The molecule has 0 spiro atoms. The highest BCUT2D eigenvalue weighted by Gasteiger charge is 2.36. The van der Waals surface area contributed by atoms with E-state index in [1.165, 1.54) is 5.56 Å². The molecule has 0 unspecified atom stereocenters. The van der Waals surface area contributed by atoms with Crippen LogP contribution in [0.5, 0.6) is 0 Å². The Morgan fingerprint density at radius 1 is 1.10 bits per heavy atom. The van der Waals surface area contributed by atoms with Crippen molar-refractivity contribution in [2.24, 2.45) is 0 Å². The van der Waals surface area contributed by atoms with Crippen molar-refractivity contribution in [1.82, 2.24) is 4.98 Å². The lowest BCUT2D eigenvalue weighted by molar-refractivity contribution is 0.0373. The van der Waals surface area contributed by atoms with Gasteiger partial charge in [-0.05, 0) is 54.7 Å². The molecule has 0 saturated carbocycles. The van der Waals surface area contributed by atoms with Crippen molar-refractivity contribution < 1.29 is 14.0 Å². The maximum absolute atomic E-state index is 12.4. The van der Waals surface area contributed by atoms with Gasteiger partial charge >= 0.3 is 5.97 Å². The zero-order chi connectivity index (χ0) is 21.3. The van der Waals surface area contributed by atoms with Crippen LogP contribution in [0.4, 0.5) is 0 Å². The summed E-state index contributed by atoms with van der Waals surface area (Å²) in [7, 11) is -1.80. The van der Waals surface area contributed by atoms with Crippen LogP contribution in [0.1, 0.15) is 43.2 Å². The SMILES string of the molecule is CC(C)(C)[Si](C)(C)OC/C=C/[C@H](CCc1ccccc1)OC(=O)c1ccccn1. The highest BCUT2D eigenvalue weighted by atomic mass is 28.4. The van der Waals surface area contributed by atoms with E-state index in [4.69, 9.17) is 9.16 Å². The highest BCUT2D eigenvalue weighted by Crippen LogP contribution is 2.36. The van der Waals surface area contributed by atoms with Crippen molar-refractivity contribution in [3.05, 3.63) is 78.1 Å². The van der Waals surface area contributed by atoms with Gasteiger partial charge in [-0.2, -0.15) is 0 Å². The third-order valence-electron chi connectivity index (χ3n) is 5.39. The Bertz CT molecular complexity index is 783. The topological polar surface area (TPSA) is 48.4 Å². The Hall–Kier alpha value is -2.24. The number of rotatable bonds is 9. The molecule has 0 fully saturated rings. The van der Waals surface area contributed by atoms with Crippen LogP contribution in [0.25, 0.3) is 0 Å². The fourth-order valence-corrected chi connectivity index (χ4v) is 3.46. The van der Waals surface area contributed by atoms with E-state index < -0.39 is 14.3 Å². The van der Waals surface area contributed by atoms with Gasteiger partial charge in [-0.1, -0.05) is 63.2 Å². The molecule has 5 heteroatoms. The first kappa shape index (κ1) is 23.0. The molecule has 0 N–H and O–H groups in total. The largest absolute Gasteiger partial charge is 0.453 e. The third-order valence-corrected chi connectivity index (χ3v) is 9.89. The molecule has 0 bridgehead atoms. The van der Waals surface area contributed by atoms with Crippen molar-refractivity contribution in [2.75, 3.05) is 6.61 Å². The Kier molecular flexibility index (Phi) is 8.35. The minimum Gasteiger partial charge on any atom is -0.453 e. The summed E-state index contributed by atoms with van der Waals surface area (Å²) in [6.07, 6.45) is 6.72. The normalized spacial score (nSPS) is 13.4. The maximum Gasteiger partial charge on any atom is 0.357 e. The number of carbonyl (C=O) groups excluding carboxylic acids is 1. The van der Waals surface area contributed by atoms with Crippen LogP contribution in [-0.2, 0) is 15.6 Å². The first-order valence-electron chi connectivity index (χ1n) is 10.2. The average molecular weight is 412 g/mol. The van der Waals surface area contributed by atoms with E-state index in [9.17, 15) is 4.79 Å². The second-order valence-corrected chi connectivity index (χ2v) is 13.5. The molecule has 0 saturated heterocycles. The minimum absolute atomic E-state index is 0.166. The number of hydrogen-bond acceptors (Lipinski definition) is 4. The summed E-state index contributed by atoms with van der Waals surface area (Å²) in [6, 6.07) is 15.4. The van der Waals surface area contributed by atoms with E-state index in [-0.39, 0.29) is 11.1 Å². The molecule has 0 amide bonds.